The first-order valence-electron chi connectivity index (χ1n) is 23.8. The molecule has 0 unspecified atom stereocenters. The number of rotatable bonds is 8. The van der Waals surface area contributed by atoms with Crippen molar-refractivity contribution in [3.05, 3.63) is 242 Å². The van der Waals surface area contributed by atoms with Crippen LogP contribution in [0, 0.1) is 25.7 Å². The Bertz CT molecular complexity index is 4060. The fraction of sp³-hybridized carbons (Fsp3) is 0.0317. The zero-order chi connectivity index (χ0) is 47.2. The van der Waals surface area contributed by atoms with Gasteiger partial charge < -0.3 is 28.3 Å². The molecule has 0 bridgehead atoms. The Morgan fingerprint density at radius 2 is 0.986 bits per heavy atom. The van der Waals surface area contributed by atoms with E-state index in [1.807, 2.05) is 66.1 Å². The summed E-state index contributed by atoms with van der Waals surface area (Å²) < 4.78 is 13.6. The maximum Gasteiger partial charge on any atom is 0.135 e. The molecule has 0 spiro atoms. The number of anilines is 1. The maximum atomic E-state index is 6.58. The number of hydrogen-bond acceptors (Lipinski definition) is 5. The number of benzene rings is 9. The topological polar surface area (TPSA) is 55.8 Å². The van der Waals surface area contributed by atoms with Gasteiger partial charge in [-0.05, 0) is 73.5 Å². The van der Waals surface area contributed by atoms with Crippen LogP contribution in [0.2, 0.25) is 0 Å². The van der Waals surface area contributed by atoms with E-state index in [4.69, 9.17) is 14.8 Å². The summed E-state index contributed by atoms with van der Waals surface area (Å²) in [4.78, 5) is 7.42. The van der Waals surface area contributed by atoms with E-state index < -0.39 is 0 Å². The summed E-state index contributed by atoms with van der Waals surface area (Å²) in [5.74, 6) is 2.76. The Morgan fingerprint density at radius 1 is 0.486 bits per heavy atom. The van der Waals surface area contributed by atoms with E-state index in [1.165, 1.54) is 21.5 Å². The molecule has 0 fully saturated rings. The Balaban J connectivity index is 0.00000504. The molecule has 14 rings (SSSR count). The first-order chi connectivity index (χ1) is 35.1. The molecule has 8 nitrogen and oxygen atoms in total. The normalized spacial score (nSPS) is 12.7. The first kappa shape index (κ1) is 43.3. The molecule has 4 aromatic heterocycles. The molecule has 0 saturated carbocycles. The van der Waals surface area contributed by atoms with E-state index in [9.17, 15) is 0 Å². The van der Waals surface area contributed by atoms with Crippen LogP contribution in [0.15, 0.2) is 218 Å². The quantitative estimate of drug-likeness (QED) is 0.142. The van der Waals surface area contributed by atoms with E-state index in [0.29, 0.717) is 11.5 Å². The molecule has 0 atom stereocenters. The third kappa shape index (κ3) is 6.85. The number of hydrogen-bond donors (Lipinski definition) is 0. The van der Waals surface area contributed by atoms with Crippen molar-refractivity contribution in [3.8, 4) is 39.8 Å². The standard InChI is InChI=1S/C63H42N7O.Pt/c1-41-36-61(70-57-31-15-10-26-50(57)51-35-34-45(38-60(51)70)71-44-21-16-20-43(37-44)67-40-66(2)63(65-67)42-18-4-3-5-19-42)64-39-52(41)62-58(68-53-27-11-6-22-46(53)47-23-7-12-28-54(47)68)32-17-33-59(62)69-55-29-13-8-24-48(55)49-25-9-14-30-56(49)69;/h3-36,39-40H,1-2H3;/q-3;. The van der Waals surface area contributed by atoms with Gasteiger partial charge in [-0.15, -0.1) is 42.4 Å². The summed E-state index contributed by atoms with van der Waals surface area (Å²) in [6.07, 6.45) is 2.06. The zero-order valence-corrected chi connectivity index (χ0v) is 41.4. The maximum absolute atomic E-state index is 6.58. The Labute approximate surface area is 430 Å². The monoisotopic (exact) mass is 1110 g/mol. The molecular weight excluding hydrogens is 1070 g/mol. The molecule has 72 heavy (non-hydrogen) atoms. The fourth-order valence-electron chi connectivity index (χ4n) is 10.8. The molecule has 348 valence electrons. The van der Waals surface area contributed by atoms with Gasteiger partial charge in [-0.3, -0.25) is 0 Å². The van der Waals surface area contributed by atoms with Crippen molar-refractivity contribution in [1.82, 2.24) is 23.6 Å². The molecule has 9 aromatic carbocycles. The van der Waals surface area contributed by atoms with Crippen molar-refractivity contribution in [2.45, 2.75) is 6.92 Å². The average Bonchev–Trinajstić information content (AvgIpc) is 4.17. The van der Waals surface area contributed by atoms with E-state index >= 15 is 0 Å². The van der Waals surface area contributed by atoms with Gasteiger partial charge >= 0.3 is 0 Å². The van der Waals surface area contributed by atoms with Gasteiger partial charge in [0, 0.05) is 82.5 Å². The molecule has 0 N–H and O–H groups in total. The largest absolute Gasteiger partial charge is 0.509 e. The Kier molecular flexibility index (Phi) is 10.4. The molecule has 0 aliphatic carbocycles. The predicted octanol–water partition coefficient (Wildman–Crippen LogP) is 15.0. The van der Waals surface area contributed by atoms with Gasteiger partial charge in [-0.1, -0.05) is 139 Å². The minimum absolute atomic E-state index is 0. The molecule has 1 aliphatic rings. The van der Waals surface area contributed by atoms with Gasteiger partial charge in [0.15, 0.2) is 0 Å². The minimum Gasteiger partial charge on any atom is -0.509 e. The average molecular weight is 1110 g/mol. The van der Waals surface area contributed by atoms with E-state index in [0.717, 1.165) is 94.8 Å². The van der Waals surface area contributed by atoms with Gasteiger partial charge in [-0.2, -0.15) is 17.2 Å². The van der Waals surface area contributed by atoms with Crippen LogP contribution >= 0.6 is 0 Å². The van der Waals surface area contributed by atoms with Crippen molar-refractivity contribution in [1.29, 1.82) is 0 Å². The van der Waals surface area contributed by atoms with Gasteiger partial charge in [0.05, 0.1) is 33.4 Å². The number of hydrazone groups is 1. The number of aryl methyl sites for hydroxylation is 1. The molecule has 0 amide bonds. The number of fused-ring (bicyclic) bond motifs is 9. The third-order valence-electron chi connectivity index (χ3n) is 13.9. The van der Waals surface area contributed by atoms with Crippen LogP contribution in [-0.2, 0) is 21.1 Å². The number of para-hydroxylation sites is 5. The summed E-state index contributed by atoms with van der Waals surface area (Å²) in [6, 6.07) is 79.5. The number of pyridine rings is 1. The number of ether oxygens (including phenoxy) is 1. The Hall–Kier alpha value is -8.71. The zero-order valence-electron chi connectivity index (χ0n) is 39.1. The van der Waals surface area contributed by atoms with E-state index in [-0.39, 0.29) is 21.1 Å². The molecule has 1 aliphatic heterocycles. The van der Waals surface area contributed by atoms with Crippen LogP contribution < -0.4 is 9.75 Å². The number of amidine groups is 1. The van der Waals surface area contributed by atoms with Crippen molar-refractivity contribution in [2.75, 3.05) is 12.1 Å². The van der Waals surface area contributed by atoms with Gasteiger partial charge in [0.25, 0.3) is 0 Å². The molecule has 9 heteroatoms. The van der Waals surface area contributed by atoms with Crippen molar-refractivity contribution >= 4 is 76.9 Å². The third-order valence-corrected chi connectivity index (χ3v) is 13.9. The fourth-order valence-corrected chi connectivity index (χ4v) is 10.8. The van der Waals surface area contributed by atoms with Crippen molar-refractivity contribution < 1.29 is 25.8 Å². The van der Waals surface area contributed by atoms with Crippen molar-refractivity contribution in [2.24, 2.45) is 5.10 Å². The number of aromatic nitrogens is 4. The molecule has 0 saturated heterocycles. The van der Waals surface area contributed by atoms with E-state index in [1.54, 1.807) is 0 Å². The Morgan fingerprint density at radius 3 is 1.56 bits per heavy atom. The minimum atomic E-state index is 0. The SMILES string of the molecule is Cc1cc(-n2c3[c-]c(Oc4[c-]c(N5[CH-]N(C)C(c6ccccc6)=N5)ccc4)ccc3c3ccccc32)ncc1-c1c(-n2c3ccccc3c3ccccc32)cccc1-n1c2ccccc2c2ccccc21.[Pt]. The van der Waals surface area contributed by atoms with E-state index in [2.05, 4.69) is 203 Å². The van der Waals surface area contributed by atoms with Gasteiger partial charge in [0.2, 0.25) is 0 Å². The van der Waals surface area contributed by atoms with Crippen molar-refractivity contribution in [3.63, 3.8) is 0 Å². The summed E-state index contributed by atoms with van der Waals surface area (Å²) in [6.45, 7) is 4.15. The second-order valence-corrected chi connectivity index (χ2v) is 18.1. The summed E-state index contributed by atoms with van der Waals surface area (Å²) in [5, 5.41) is 13.7. The predicted molar refractivity (Wildman–Crippen MR) is 289 cm³/mol. The molecule has 0 radical (unpaired) electrons. The summed E-state index contributed by atoms with van der Waals surface area (Å²) >= 11 is 0. The van der Waals surface area contributed by atoms with Gasteiger partial charge in [-0.25, -0.2) is 4.98 Å². The number of nitrogens with zero attached hydrogens (tertiary/aromatic N) is 7. The van der Waals surface area contributed by atoms with Crippen LogP contribution in [-0.4, -0.2) is 36.5 Å². The molecule has 13 aromatic rings. The molecule has 5 heterocycles. The smallest absolute Gasteiger partial charge is 0.135 e. The van der Waals surface area contributed by atoms with Crippen LogP contribution in [0.1, 0.15) is 11.1 Å². The summed E-state index contributed by atoms with van der Waals surface area (Å²) in [7, 11) is 2.00. The van der Waals surface area contributed by atoms with Gasteiger partial charge in [0.1, 0.15) is 11.7 Å². The van der Waals surface area contributed by atoms with Crippen LogP contribution in [0.5, 0.6) is 11.5 Å². The second-order valence-electron chi connectivity index (χ2n) is 18.1. The van der Waals surface area contributed by atoms with Crippen LogP contribution in [0.25, 0.3) is 93.7 Å². The second kappa shape index (κ2) is 17.3. The summed E-state index contributed by atoms with van der Waals surface area (Å²) in [5.41, 5.74) is 13.6. The van der Waals surface area contributed by atoms with Crippen LogP contribution in [0.3, 0.4) is 0 Å². The molecular formula is C63H42N7OPt-3. The first-order valence-corrected chi connectivity index (χ1v) is 23.8. The van der Waals surface area contributed by atoms with Crippen LogP contribution in [0.4, 0.5) is 5.69 Å².